The van der Waals surface area contributed by atoms with Crippen LogP contribution in [0.15, 0.2) is 12.3 Å². The SMILES string of the molecule is N=C(N)c1ccnnc1N1CCCCC1CCO. The molecule has 6 heteroatoms. The first-order valence-electron chi connectivity index (χ1n) is 6.27. The normalized spacial score (nSPS) is 19.8. The number of nitrogens with zero attached hydrogens (tertiary/aromatic N) is 3. The number of hydrogen-bond acceptors (Lipinski definition) is 5. The molecule has 0 aliphatic carbocycles. The number of aliphatic hydroxyl groups is 1. The van der Waals surface area contributed by atoms with Crippen molar-refractivity contribution in [1.29, 1.82) is 5.41 Å². The summed E-state index contributed by atoms with van der Waals surface area (Å²) in [7, 11) is 0. The molecule has 0 radical (unpaired) electrons. The summed E-state index contributed by atoms with van der Waals surface area (Å²) < 4.78 is 0. The van der Waals surface area contributed by atoms with Crippen LogP contribution in [0.5, 0.6) is 0 Å². The van der Waals surface area contributed by atoms with Gasteiger partial charge in [0.05, 0.1) is 11.8 Å². The summed E-state index contributed by atoms with van der Waals surface area (Å²) in [6, 6.07) is 1.98. The molecule has 18 heavy (non-hydrogen) atoms. The molecule has 1 aromatic heterocycles. The predicted octanol–water partition coefficient (Wildman–Crippen LogP) is 0.502. The van der Waals surface area contributed by atoms with E-state index < -0.39 is 0 Å². The highest BCUT2D eigenvalue weighted by Gasteiger charge is 2.25. The number of piperidine rings is 1. The Morgan fingerprint density at radius 3 is 3.11 bits per heavy atom. The van der Waals surface area contributed by atoms with Crippen molar-refractivity contribution in [3.63, 3.8) is 0 Å². The summed E-state index contributed by atoms with van der Waals surface area (Å²) in [6.45, 7) is 1.04. The largest absolute Gasteiger partial charge is 0.396 e. The first kappa shape index (κ1) is 12.8. The molecular formula is C12H19N5O. The summed E-state index contributed by atoms with van der Waals surface area (Å²) in [5.41, 5.74) is 6.20. The minimum Gasteiger partial charge on any atom is -0.396 e. The van der Waals surface area contributed by atoms with Crippen molar-refractivity contribution in [2.24, 2.45) is 5.73 Å². The topological polar surface area (TPSA) is 99.1 Å². The van der Waals surface area contributed by atoms with Crippen molar-refractivity contribution in [3.05, 3.63) is 17.8 Å². The van der Waals surface area contributed by atoms with Crippen molar-refractivity contribution in [1.82, 2.24) is 10.2 Å². The van der Waals surface area contributed by atoms with Gasteiger partial charge in [0.15, 0.2) is 5.82 Å². The summed E-state index contributed by atoms with van der Waals surface area (Å²) in [5, 5.41) is 24.7. The maximum Gasteiger partial charge on any atom is 0.162 e. The van der Waals surface area contributed by atoms with Crippen molar-refractivity contribution in [2.45, 2.75) is 31.7 Å². The Morgan fingerprint density at radius 2 is 2.39 bits per heavy atom. The Kier molecular flexibility index (Phi) is 4.09. The Hall–Kier alpha value is -1.69. The maximum absolute atomic E-state index is 9.13. The van der Waals surface area contributed by atoms with Gasteiger partial charge in [0.25, 0.3) is 0 Å². The average molecular weight is 249 g/mol. The van der Waals surface area contributed by atoms with Crippen LogP contribution in [-0.4, -0.2) is 40.3 Å². The van der Waals surface area contributed by atoms with Crippen LogP contribution in [0, 0.1) is 5.41 Å². The zero-order valence-corrected chi connectivity index (χ0v) is 10.3. The molecule has 1 aliphatic heterocycles. The summed E-state index contributed by atoms with van der Waals surface area (Å²) in [4.78, 5) is 2.13. The van der Waals surface area contributed by atoms with E-state index in [1.165, 1.54) is 0 Å². The predicted molar refractivity (Wildman–Crippen MR) is 69.7 cm³/mol. The number of aliphatic hydroxyl groups excluding tert-OH is 1. The monoisotopic (exact) mass is 249 g/mol. The molecule has 6 nitrogen and oxygen atoms in total. The highest BCUT2D eigenvalue weighted by atomic mass is 16.3. The van der Waals surface area contributed by atoms with Crippen molar-refractivity contribution < 1.29 is 5.11 Å². The molecule has 0 spiro atoms. The van der Waals surface area contributed by atoms with Crippen LogP contribution >= 0.6 is 0 Å². The van der Waals surface area contributed by atoms with Crippen LogP contribution in [0.25, 0.3) is 0 Å². The number of aromatic nitrogens is 2. The third kappa shape index (κ3) is 2.59. The number of amidine groups is 1. The molecule has 0 saturated carbocycles. The molecule has 1 unspecified atom stereocenters. The minimum atomic E-state index is 0.00761. The van der Waals surface area contributed by atoms with E-state index in [0.29, 0.717) is 17.8 Å². The number of nitrogen functional groups attached to an aromatic ring is 1. The zero-order chi connectivity index (χ0) is 13.0. The molecular weight excluding hydrogens is 230 g/mol. The van der Waals surface area contributed by atoms with Crippen molar-refractivity contribution in [2.75, 3.05) is 18.1 Å². The van der Waals surface area contributed by atoms with Gasteiger partial charge in [-0.1, -0.05) is 0 Å². The zero-order valence-electron chi connectivity index (χ0n) is 10.3. The van der Waals surface area contributed by atoms with E-state index in [-0.39, 0.29) is 18.5 Å². The fourth-order valence-electron chi connectivity index (χ4n) is 2.48. The molecule has 98 valence electrons. The van der Waals surface area contributed by atoms with Crippen LogP contribution < -0.4 is 10.6 Å². The lowest BCUT2D eigenvalue weighted by Gasteiger charge is -2.36. The van der Waals surface area contributed by atoms with Crippen LogP contribution in [0.1, 0.15) is 31.2 Å². The van der Waals surface area contributed by atoms with Gasteiger partial charge in [0.1, 0.15) is 5.84 Å². The fraction of sp³-hybridized carbons (Fsp3) is 0.583. The van der Waals surface area contributed by atoms with E-state index in [2.05, 4.69) is 15.1 Å². The van der Waals surface area contributed by atoms with E-state index in [0.717, 1.165) is 25.8 Å². The van der Waals surface area contributed by atoms with E-state index in [4.69, 9.17) is 16.2 Å². The highest BCUT2D eigenvalue weighted by molar-refractivity contribution is 5.99. The van der Waals surface area contributed by atoms with E-state index in [1.54, 1.807) is 12.3 Å². The van der Waals surface area contributed by atoms with Gasteiger partial charge in [-0.25, -0.2) is 0 Å². The van der Waals surface area contributed by atoms with Gasteiger partial charge < -0.3 is 15.7 Å². The van der Waals surface area contributed by atoms with Crippen LogP contribution in [0.4, 0.5) is 5.82 Å². The van der Waals surface area contributed by atoms with Crippen LogP contribution in [0.2, 0.25) is 0 Å². The lowest BCUT2D eigenvalue weighted by Crippen LogP contribution is -2.42. The molecule has 1 aromatic rings. The van der Waals surface area contributed by atoms with Gasteiger partial charge in [0, 0.05) is 19.2 Å². The number of hydrogen-bond donors (Lipinski definition) is 3. The first-order chi connectivity index (χ1) is 8.74. The quantitative estimate of drug-likeness (QED) is 0.533. The molecule has 1 atom stereocenters. The first-order valence-corrected chi connectivity index (χ1v) is 6.27. The number of nitrogens with two attached hydrogens (primary N) is 1. The molecule has 1 aliphatic rings. The number of anilines is 1. The van der Waals surface area contributed by atoms with Gasteiger partial charge in [-0.05, 0) is 31.7 Å². The van der Waals surface area contributed by atoms with Crippen molar-refractivity contribution >= 4 is 11.7 Å². The van der Waals surface area contributed by atoms with Gasteiger partial charge in [-0.2, -0.15) is 5.10 Å². The summed E-state index contributed by atoms with van der Waals surface area (Å²) in [5.74, 6) is 0.677. The number of rotatable bonds is 4. The van der Waals surface area contributed by atoms with Crippen LogP contribution in [-0.2, 0) is 0 Å². The molecule has 0 amide bonds. The second kappa shape index (κ2) is 5.77. The molecule has 4 N–H and O–H groups in total. The molecule has 1 fully saturated rings. The molecule has 2 rings (SSSR count). The lowest BCUT2D eigenvalue weighted by atomic mass is 9.99. The van der Waals surface area contributed by atoms with Gasteiger partial charge in [0.2, 0.25) is 0 Å². The second-order valence-corrected chi connectivity index (χ2v) is 4.54. The third-order valence-electron chi connectivity index (χ3n) is 3.35. The molecule has 0 bridgehead atoms. The second-order valence-electron chi connectivity index (χ2n) is 4.54. The maximum atomic E-state index is 9.13. The van der Waals surface area contributed by atoms with Gasteiger partial charge in [-0.15, -0.1) is 5.10 Å². The lowest BCUT2D eigenvalue weighted by molar-refractivity contribution is 0.262. The van der Waals surface area contributed by atoms with E-state index in [9.17, 15) is 0 Å². The summed E-state index contributed by atoms with van der Waals surface area (Å²) in [6.07, 6.45) is 5.56. The molecule has 2 heterocycles. The standard InChI is InChI=1S/C12H19N5O/c13-11(14)10-4-6-15-16-12(10)17-7-2-1-3-9(17)5-8-18/h4,6,9,18H,1-3,5,7-8H2,(H3,13,14). The van der Waals surface area contributed by atoms with Crippen molar-refractivity contribution in [3.8, 4) is 0 Å². The minimum absolute atomic E-state index is 0.00761. The molecule has 0 aromatic carbocycles. The fourth-order valence-corrected chi connectivity index (χ4v) is 2.48. The van der Waals surface area contributed by atoms with Gasteiger partial charge in [-0.3, -0.25) is 5.41 Å². The number of nitrogens with one attached hydrogen (secondary N) is 1. The smallest absolute Gasteiger partial charge is 0.162 e. The van der Waals surface area contributed by atoms with Crippen LogP contribution in [0.3, 0.4) is 0 Å². The molecule has 1 saturated heterocycles. The third-order valence-corrected chi connectivity index (χ3v) is 3.35. The van der Waals surface area contributed by atoms with E-state index >= 15 is 0 Å². The van der Waals surface area contributed by atoms with Gasteiger partial charge >= 0.3 is 0 Å². The van der Waals surface area contributed by atoms with E-state index in [1.807, 2.05) is 0 Å². The Labute approximate surface area is 106 Å². The Morgan fingerprint density at radius 1 is 1.56 bits per heavy atom. The summed E-state index contributed by atoms with van der Waals surface area (Å²) >= 11 is 0. The highest BCUT2D eigenvalue weighted by Crippen LogP contribution is 2.26. The Balaban J connectivity index is 2.30. The average Bonchev–Trinajstić information content (AvgIpc) is 2.40. The Bertz CT molecular complexity index is 421.